The van der Waals surface area contributed by atoms with Crippen LogP contribution in [0.1, 0.15) is 30.0 Å². The summed E-state index contributed by atoms with van der Waals surface area (Å²) in [5, 5.41) is 18.6. The van der Waals surface area contributed by atoms with Crippen molar-refractivity contribution in [3.63, 3.8) is 0 Å². The smallest absolute Gasteiger partial charge is 0.432 e. The SMILES string of the molecule is CCCc1cc(F)c(-c2c(O)cc(F)c(C(F)(F)Oc3cc(F)c(C#N)c(F)c3)c2F)c(F)c1. The van der Waals surface area contributed by atoms with E-state index in [-0.39, 0.29) is 30.2 Å². The zero-order chi connectivity index (χ0) is 25.4. The Balaban J connectivity index is 2.16. The Morgan fingerprint density at radius 3 is 1.91 bits per heavy atom. The van der Waals surface area contributed by atoms with Gasteiger partial charge in [-0.3, -0.25) is 0 Å². The van der Waals surface area contributed by atoms with E-state index in [0.717, 1.165) is 18.2 Å². The number of halogens is 8. The molecule has 0 fully saturated rings. The molecule has 34 heavy (non-hydrogen) atoms. The summed E-state index contributed by atoms with van der Waals surface area (Å²) in [5.74, 6) is -12.9. The molecule has 0 aliphatic rings. The Morgan fingerprint density at radius 1 is 0.853 bits per heavy atom. The first-order valence-corrected chi connectivity index (χ1v) is 9.56. The van der Waals surface area contributed by atoms with Crippen LogP contribution in [0, 0.1) is 46.2 Å². The third kappa shape index (κ3) is 4.48. The summed E-state index contributed by atoms with van der Waals surface area (Å²) in [4.78, 5) is 0. The van der Waals surface area contributed by atoms with Crippen molar-refractivity contribution in [3.8, 4) is 28.7 Å². The molecule has 0 spiro atoms. The van der Waals surface area contributed by atoms with Crippen molar-refractivity contribution in [2.45, 2.75) is 25.9 Å². The summed E-state index contributed by atoms with van der Waals surface area (Å²) in [6.45, 7) is 1.72. The number of benzene rings is 3. The van der Waals surface area contributed by atoms with Gasteiger partial charge in [0.15, 0.2) is 5.82 Å². The van der Waals surface area contributed by atoms with Crippen molar-refractivity contribution >= 4 is 0 Å². The molecule has 0 aromatic heterocycles. The predicted octanol–water partition coefficient (Wildman–Crippen LogP) is 6.85. The minimum atomic E-state index is -4.97. The number of phenolic OH excluding ortho intramolecular Hbond substituents is 1. The van der Waals surface area contributed by atoms with E-state index in [2.05, 4.69) is 4.74 Å². The van der Waals surface area contributed by atoms with Gasteiger partial charge in [-0.25, -0.2) is 26.3 Å². The zero-order valence-corrected chi connectivity index (χ0v) is 17.1. The fourth-order valence-corrected chi connectivity index (χ4v) is 3.32. The molecule has 0 radical (unpaired) electrons. The monoisotopic (exact) mass is 487 g/mol. The van der Waals surface area contributed by atoms with E-state index in [0.29, 0.717) is 6.42 Å². The summed E-state index contributed by atoms with van der Waals surface area (Å²) in [7, 11) is 0. The van der Waals surface area contributed by atoms with Crippen molar-refractivity contribution in [1.82, 2.24) is 0 Å². The van der Waals surface area contributed by atoms with Crippen molar-refractivity contribution in [1.29, 1.82) is 5.26 Å². The number of phenols is 1. The third-order valence-corrected chi connectivity index (χ3v) is 4.75. The number of ether oxygens (including phenoxy) is 1. The van der Waals surface area contributed by atoms with Crippen LogP contribution in [0.2, 0.25) is 0 Å². The molecule has 0 saturated heterocycles. The number of hydrogen-bond donors (Lipinski definition) is 1. The molecule has 0 unspecified atom stereocenters. The van der Waals surface area contributed by atoms with E-state index in [1.54, 1.807) is 6.92 Å². The highest BCUT2D eigenvalue weighted by atomic mass is 19.3. The first-order chi connectivity index (χ1) is 15.9. The summed E-state index contributed by atoms with van der Waals surface area (Å²) in [6.07, 6.45) is -4.24. The highest BCUT2D eigenvalue weighted by Gasteiger charge is 2.43. The number of aromatic hydroxyl groups is 1. The quantitative estimate of drug-likeness (QED) is 0.387. The van der Waals surface area contributed by atoms with Crippen LogP contribution in [0.5, 0.6) is 11.5 Å². The number of aryl methyl sites for hydroxylation is 1. The second-order valence-electron chi connectivity index (χ2n) is 7.12. The number of rotatable bonds is 6. The van der Waals surface area contributed by atoms with Gasteiger partial charge in [-0.15, -0.1) is 0 Å². The van der Waals surface area contributed by atoms with Gasteiger partial charge in [0.1, 0.15) is 57.8 Å². The van der Waals surface area contributed by atoms with E-state index in [4.69, 9.17) is 5.26 Å². The summed E-state index contributed by atoms with van der Waals surface area (Å²) in [6, 6.07) is 3.11. The van der Waals surface area contributed by atoms with Crippen LogP contribution in [0.15, 0.2) is 30.3 Å². The molecule has 178 valence electrons. The van der Waals surface area contributed by atoms with Gasteiger partial charge in [-0.05, 0) is 24.1 Å². The lowest BCUT2D eigenvalue weighted by molar-refractivity contribution is -0.189. The normalized spacial score (nSPS) is 11.4. The van der Waals surface area contributed by atoms with Gasteiger partial charge in [0.2, 0.25) is 0 Å². The molecule has 3 rings (SSSR count). The van der Waals surface area contributed by atoms with Gasteiger partial charge in [0, 0.05) is 18.2 Å². The number of alkyl halides is 2. The van der Waals surface area contributed by atoms with Crippen molar-refractivity contribution in [2.75, 3.05) is 0 Å². The van der Waals surface area contributed by atoms with Crippen LogP contribution in [0.4, 0.5) is 35.1 Å². The summed E-state index contributed by atoms with van der Waals surface area (Å²) in [5.41, 5.74) is -5.77. The van der Waals surface area contributed by atoms with Gasteiger partial charge < -0.3 is 9.84 Å². The maximum atomic E-state index is 15.1. The maximum absolute atomic E-state index is 15.1. The maximum Gasteiger partial charge on any atom is 0.432 e. The summed E-state index contributed by atoms with van der Waals surface area (Å²) < 4.78 is 119. The first-order valence-electron chi connectivity index (χ1n) is 9.56. The number of nitriles is 1. The van der Waals surface area contributed by atoms with Crippen LogP contribution >= 0.6 is 0 Å². The van der Waals surface area contributed by atoms with Crippen LogP contribution in [-0.4, -0.2) is 5.11 Å². The van der Waals surface area contributed by atoms with Crippen LogP contribution in [0.25, 0.3) is 11.1 Å². The molecule has 3 aromatic rings. The average Bonchev–Trinajstić information content (AvgIpc) is 2.69. The molecular weight excluding hydrogens is 474 g/mol. The zero-order valence-electron chi connectivity index (χ0n) is 17.1. The largest absolute Gasteiger partial charge is 0.507 e. The van der Waals surface area contributed by atoms with Crippen LogP contribution < -0.4 is 4.74 Å². The van der Waals surface area contributed by atoms with Crippen LogP contribution in [0.3, 0.4) is 0 Å². The summed E-state index contributed by atoms with van der Waals surface area (Å²) >= 11 is 0. The first kappa shape index (κ1) is 24.8. The lowest BCUT2D eigenvalue weighted by Gasteiger charge is -2.21. The Morgan fingerprint density at radius 2 is 1.41 bits per heavy atom. The molecule has 3 nitrogen and oxygen atoms in total. The van der Waals surface area contributed by atoms with Crippen molar-refractivity contribution in [3.05, 3.63) is 81.9 Å². The third-order valence-electron chi connectivity index (χ3n) is 4.75. The Bertz CT molecular complexity index is 1270. The molecule has 0 heterocycles. The van der Waals surface area contributed by atoms with E-state index < -0.39 is 74.8 Å². The van der Waals surface area contributed by atoms with Gasteiger partial charge >= 0.3 is 6.11 Å². The molecular formula is C23H13F8NO2. The topological polar surface area (TPSA) is 53.2 Å². The molecule has 1 N–H and O–H groups in total. The average molecular weight is 487 g/mol. The minimum Gasteiger partial charge on any atom is -0.507 e. The second kappa shape index (κ2) is 9.21. The minimum absolute atomic E-state index is 0.0101. The molecule has 11 heteroatoms. The molecule has 3 aromatic carbocycles. The Kier molecular flexibility index (Phi) is 6.72. The van der Waals surface area contributed by atoms with Gasteiger partial charge in [0.05, 0.1) is 11.1 Å². The number of hydrogen-bond acceptors (Lipinski definition) is 3. The molecule has 0 saturated carbocycles. The van der Waals surface area contributed by atoms with Gasteiger partial charge in [-0.1, -0.05) is 13.3 Å². The standard InChI is InChI=1S/C23H13F8NO2/c1-2-3-10-4-15(26)19(16(27)5-10)20-18(33)8-17(28)21(22(20)29)23(30,31)34-11-6-13(24)12(9-32)14(25)7-11/h4-8,33H,2-3H2,1H3. The molecule has 0 aliphatic carbocycles. The molecule has 0 amide bonds. The molecule has 0 atom stereocenters. The fourth-order valence-electron chi connectivity index (χ4n) is 3.32. The van der Waals surface area contributed by atoms with E-state index in [1.807, 2.05) is 0 Å². The Labute approximate surface area is 187 Å². The highest BCUT2D eigenvalue weighted by molar-refractivity contribution is 5.73. The molecule has 0 aliphatic heterocycles. The van der Waals surface area contributed by atoms with Crippen molar-refractivity contribution in [2.24, 2.45) is 0 Å². The highest BCUT2D eigenvalue weighted by Crippen LogP contribution is 2.44. The number of nitrogens with zero attached hydrogens (tertiary/aromatic N) is 1. The lowest BCUT2D eigenvalue weighted by Crippen LogP contribution is -2.26. The Hall–Kier alpha value is -3.81. The predicted molar refractivity (Wildman–Crippen MR) is 103 cm³/mol. The molecule has 0 bridgehead atoms. The van der Waals surface area contributed by atoms with Gasteiger partial charge in [0.25, 0.3) is 0 Å². The fraction of sp³-hybridized carbons (Fsp3) is 0.174. The lowest BCUT2D eigenvalue weighted by atomic mass is 9.96. The van der Waals surface area contributed by atoms with Crippen molar-refractivity contribution < 1.29 is 45.0 Å². The van der Waals surface area contributed by atoms with E-state index in [9.17, 15) is 35.8 Å². The van der Waals surface area contributed by atoms with Crippen LogP contribution in [-0.2, 0) is 12.5 Å². The second-order valence-corrected chi connectivity index (χ2v) is 7.12. The van der Waals surface area contributed by atoms with E-state index >= 15 is 4.39 Å². The van der Waals surface area contributed by atoms with Gasteiger partial charge in [-0.2, -0.15) is 14.0 Å². The van der Waals surface area contributed by atoms with E-state index in [1.165, 1.54) is 0 Å².